The largest absolute Gasteiger partial charge is 0.352 e. The second kappa shape index (κ2) is 6.70. The second-order valence-corrected chi connectivity index (χ2v) is 4.70. The molecule has 0 bridgehead atoms. The molecule has 2 atom stereocenters. The Morgan fingerprint density at radius 1 is 1.56 bits per heavy atom. The minimum absolute atomic E-state index is 0.452. The molecular formula is C11H24N4O. The van der Waals surface area contributed by atoms with Crippen molar-refractivity contribution in [3.8, 4) is 0 Å². The number of nitrogens with two attached hydrogens (primary N) is 1. The Morgan fingerprint density at radius 3 is 2.94 bits per heavy atom. The highest BCUT2D eigenvalue weighted by molar-refractivity contribution is 5.71. The first-order valence-electron chi connectivity index (χ1n) is 6.05. The van der Waals surface area contributed by atoms with Crippen LogP contribution in [0.15, 0.2) is 0 Å². The minimum atomic E-state index is -0.452. The van der Waals surface area contributed by atoms with Crippen molar-refractivity contribution in [3.63, 3.8) is 0 Å². The zero-order valence-electron chi connectivity index (χ0n) is 10.3. The van der Waals surface area contributed by atoms with Crippen LogP contribution in [0, 0.1) is 5.92 Å². The van der Waals surface area contributed by atoms with Gasteiger partial charge in [-0.25, -0.2) is 4.79 Å². The predicted octanol–water partition coefficient (Wildman–Crippen LogP) is -0.0254. The molecule has 4 N–H and O–H groups in total. The Kier molecular flexibility index (Phi) is 5.55. The molecule has 0 saturated carbocycles. The SMILES string of the molecule is CC(NCCNC(N)=O)C1CCCN(C)C1. The van der Waals surface area contributed by atoms with Crippen LogP contribution in [-0.2, 0) is 0 Å². The lowest BCUT2D eigenvalue weighted by molar-refractivity contribution is 0.179. The molecule has 2 unspecified atom stereocenters. The summed E-state index contributed by atoms with van der Waals surface area (Å²) in [6.07, 6.45) is 2.58. The van der Waals surface area contributed by atoms with Gasteiger partial charge in [0.2, 0.25) is 0 Å². The van der Waals surface area contributed by atoms with Crippen LogP contribution >= 0.6 is 0 Å². The van der Waals surface area contributed by atoms with Gasteiger partial charge in [0.15, 0.2) is 0 Å². The molecule has 0 aromatic rings. The number of amides is 2. The molecule has 1 aliphatic rings. The molecule has 5 heteroatoms. The van der Waals surface area contributed by atoms with Crippen LogP contribution in [-0.4, -0.2) is 50.2 Å². The topological polar surface area (TPSA) is 70.4 Å². The number of carbonyl (C=O) groups is 1. The fraction of sp³-hybridized carbons (Fsp3) is 0.909. The molecule has 94 valence electrons. The number of nitrogens with one attached hydrogen (secondary N) is 2. The van der Waals surface area contributed by atoms with Crippen LogP contribution < -0.4 is 16.4 Å². The maximum absolute atomic E-state index is 10.5. The van der Waals surface area contributed by atoms with E-state index in [0.717, 1.165) is 13.1 Å². The predicted molar refractivity (Wildman–Crippen MR) is 65.3 cm³/mol. The third-order valence-electron chi connectivity index (χ3n) is 3.26. The summed E-state index contributed by atoms with van der Waals surface area (Å²) in [5, 5.41) is 6.01. The van der Waals surface area contributed by atoms with Gasteiger partial charge in [-0.1, -0.05) is 0 Å². The van der Waals surface area contributed by atoms with E-state index in [4.69, 9.17) is 5.73 Å². The first-order valence-corrected chi connectivity index (χ1v) is 6.05. The lowest BCUT2D eigenvalue weighted by Crippen LogP contribution is -2.45. The van der Waals surface area contributed by atoms with Gasteiger partial charge in [0, 0.05) is 25.7 Å². The molecule has 0 aromatic carbocycles. The van der Waals surface area contributed by atoms with E-state index in [0.29, 0.717) is 18.5 Å². The van der Waals surface area contributed by atoms with Crippen molar-refractivity contribution >= 4 is 6.03 Å². The average molecular weight is 228 g/mol. The molecule has 2 amide bonds. The Morgan fingerprint density at radius 2 is 2.31 bits per heavy atom. The maximum atomic E-state index is 10.5. The number of piperidine rings is 1. The van der Waals surface area contributed by atoms with Gasteiger partial charge in [-0.2, -0.15) is 0 Å². The van der Waals surface area contributed by atoms with Gasteiger partial charge < -0.3 is 21.3 Å². The number of carbonyl (C=O) groups excluding carboxylic acids is 1. The lowest BCUT2D eigenvalue weighted by atomic mass is 9.92. The van der Waals surface area contributed by atoms with Crippen molar-refractivity contribution in [2.75, 3.05) is 33.2 Å². The van der Waals surface area contributed by atoms with E-state index in [1.807, 2.05) is 0 Å². The summed E-state index contributed by atoms with van der Waals surface area (Å²) in [5.41, 5.74) is 4.99. The number of hydrogen-bond donors (Lipinski definition) is 3. The molecule has 1 saturated heterocycles. The van der Waals surface area contributed by atoms with E-state index in [2.05, 4.69) is 29.5 Å². The van der Waals surface area contributed by atoms with Crippen LogP contribution in [0.2, 0.25) is 0 Å². The standard InChI is InChI=1S/C11H24N4O/c1-9(13-5-6-14-11(12)16)10-4-3-7-15(2)8-10/h9-10,13H,3-8H2,1-2H3,(H3,12,14,16). The fourth-order valence-electron chi connectivity index (χ4n) is 2.27. The van der Waals surface area contributed by atoms with E-state index < -0.39 is 6.03 Å². The summed E-state index contributed by atoms with van der Waals surface area (Å²) in [4.78, 5) is 12.8. The van der Waals surface area contributed by atoms with Crippen molar-refractivity contribution in [2.45, 2.75) is 25.8 Å². The van der Waals surface area contributed by atoms with Gasteiger partial charge in [-0.05, 0) is 39.3 Å². The van der Waals surface area contributed by atoms with Gasteiger partial charge in [0.25, 0.3) is 0 Å². The molecule has 0 aliphatic carbocycles. The average Bonchev–Trinajstić information content (AvgIpc) is 2.24. The summed E-state index contributed by atoms with van der Waals surface area (Å²) in [6, 6.07) is 0.0456. The molecule has 5 nitrogen and oxygen atoms in total. The van der Waals surface area contributed by atoms with Crippen LogP contribution in [0.1, 0.15) is 19.8 Å². The van der Waals surface area contributed by atoms with Crippen LogP contribution in [0.5, 0.6) is 0 Å². The third-order valence-corrected chi connectivity index (χ3v) is 3.26. The number of likely N-dealkylation sites (tertiary alicyclic amines) is 1. The Labute approximate surface area is 97.7 Å². The molecule has 1 fully saturated rings. The van der Waals surface area contributed by atoms with Gasteiger partial charge in [-0.3, -0.25) is 0 Å². The third kappa shape index (κ3) is 4.81. The van der Waals surface area contributed by atoms with E-state index in [1.54, 1.807) is 0 Å². The highest BCUT2D eigenvalue weighted by Crippen LogP contribution is 2.18. The van der Waals surface area contributed by atoms with Gasteiger partial charge in [-0.15, -0.1) is 0 Å². The van der Waals surface area contributed by atoms with Crippen LogP contribution in [0.3, 0.4) is 0 Å². The Bertz CT molecular complexity index is 222. The highest BCUT2D eigenvalue weighted by atomic mass is 16.2. The van der Waals surface area contributed by atoms with Crippen molar-refractivity contribution in [1.82, 2.24) is 15.5 Å². The summed E-state index contributed by atoms with van der Waals surface area (Å²) < 4.78 is 0. The monoisotopic (exact) mass is 228 g/mol. The summed E-state index contributed by atoms with van der Waals surface area (Å²) >= 11 is 0. The lowest BCUT2D eigenvalue weighted by Gasteiger charge is -2.34. The number of primary amides is 1. The number of urea groups is 1. The zero-order valence-corrected chi connectivity index (χ0v) is 10.3. The van der Waals surface area contributed by atoms with E-state index in [-0.39, 0.29) is 0 Å². The molecule has 1 heterocycles. The molecule has 1 rings (SSSR count). The van der Waals surface area contributed by atoms with Crippen LogP contribution in [0.25, 0.3) is 0 Å². The van der Waals surface area contributed by atoms with Gasteiger partial charge in [0.1, 0.15) is 0 Å². The quantitative estimate of drug-likeness (QED) is 0.579. The first kappa shape index (κ1) is 13.3. The molecule has 16 heavy (non-hydrogen) atoms. The molecular weight excluding hydrogens is 204 g/mol. The van der Waals surface area contributed by atoms with Crippen LogP contribution in [0.4, 0.5) is 4.79 Å². The van der Waals surface area contributed by atoms with E-state index in [1.165, 1.54) is 19.4 Å². The number of rotatable bonds is 5. The van der Waals surface area contributed by atoms with Crippen molar-refractivity contribution in [2.24, 2.45) is 11.7 Å². The summed E-state index contributed by atoms with van der Waals surface area (Å²) in [7, 11) is 2.17. The minimum Gasteiger partial charge on any atom is -0.352 e. The zero-order chi connectivity index (χ0) is 12.0. The fourth-order valence-corrected chi connectivity index (χ4v) is 2.27. The van der Waals surface area contributed by atoms with Gasteiger partial charge >= 0.3 is 6.03 Å². The summed E-state index contributed by atoms with van der Waals surface area (Å²) in [6.45, 7) is 5.98. The summed E-state index contributed by atoms with van der Waals surface area (Å²) in [5.74, 6) is 0.715. The second-order valence-electron chi connectivity index (χ2n) is 4.70. The van der Waals surface area contributed by atoms with E-state index >= 15 is 0 Å². The Hall–Kier alpha value is -0.810. The molecule has 1 aliphatic heterocycles. The molecule has 0 spiro atoms. The molecule has 0 aromatic heterocycles. The first-order chi connectivity index (χ1) is 7.59. The van der Waals surface area contributed by atoms with Gasteiger partial charge in [0.05, 0.1) is 0 Å². The smallest absolute Gasteiger partial charge is 0.312 e. The van der Waals surface area contributed by atoms with Crippen molar-refractivity contribution < 1.29 is 4.79 Å². The maximum Gasteiger partial charge on any atom is 0.312 e. The van der Waals surface area contributed by atoms with Crippen molar-refractivity contribution in [1.29, 1.82) is 0 Å². The van der Waals surface area contributed by atoms with E-state index in [9.17, 15) is 4.79 Å². The number of hydrogen-bond acceptors (Lipinski definition) is 3. The highest BCUT2D eigenvalue weighted by Gasteiger charge is 2.21. The molecule has 0 radical (unpaired) electrons. The number of nitrogens with zero attached hydrogens (tertiary/aromatic N) is 1. The van der Waals surface area contributed by atoms with Crippen molar-refractivity contribution in [3.05, 3.63) is 0 Å². The normalized spacial score (nSPS) is 24.0. The Balaban J connectivity index is 2.13.